The molecule has 0 atom stereocenters. The number of carbonyl (C=O) groups excluding carboxylic acids is 1. The van der Waals surface area contributed by atoms with E-state index >= 15 is 0 Å². The molecule has 6 nitrogen and oxygen atoms in total. The molecule has 0 bridgehead atoms. The van der Waals surface area contributed by atoms with E-state index in [9.17, 15) is 14.4 Å². The first kappa shape index (κ1) is 14.5. The zero-order chi connectivity index (χ0) is 16.4. The van der Waals surface area contributed by atoms with E-state index in [1.807, 2.05) is 36.4 Å². The molecule has 0 saturated carbocycles. The number of H-pyrrole nitrogens is 1. The van der Waals surface area contributed by atoms with Gasteiger partial charge in [-0.3, -0.25) is 9.59 Å². The Hall–Kier alpha value is -3.41. The number of carbonyl (C=O) groups is 1. The van der Waals surface area contributed by atoms with E-state index in [0.717, 1.165) is 17.2 Å². The van der Waals surface area contributed by atoms with Gasteiger partial charge in [0.05, 0.1) is 5.69 Å². The largest absolute Gasteiger partial charge is 0.421 e. The van der Waals surface area contributed by atoms with E-state index in [1.165, 1.54) is 0 Å². The lowest BCUT2D eigenvalue weighted by Crippen LogP contribution is -2.34. The molecule has 1 aromatic heterocycles. The number of nitrogens with zero attached hydrogens (tertiary/aromatic N) is 1. The summed E-state index contributed by atoms with van der Waals surface area (Å²) in [5, 5.41) is 9.12. The molecule has 0 amide bonds. The second-order valence-electron chi connectivity index (χ2n) is 4.91. The first-order valence-electron chi connectivity index (χ1n) is 6.82. The van der Waals surface area contributed by atoms with Gasteiger partial charge < -0.3 is 10.2 Å². The topological polar surface area (TPSA) is 92.2 Å². The van der Waals surface area contributed by atoms with Gasteiger partial charge >= 0.3 is 5.69 Å². The summed E-state index contributed by atoms with van der Waals surface area (Å²) in [5.74, 6) is -0.502. The number of benzene rings is 2. The number of rotatable bonds is 3. The number of aromatic nitrogens is 2. The number of nitrogens with one attached hydrogen (secondary N) is 1. The minimum absolute atomic E-state index is 0.0861. The average Bonchev–Trinajstić information content (AvgIpc) is 2.59. The normalized spacial score (nSPS) is 10.4. The Morgan fingerprint density at radius 3 is 2.30 bits per heavy atom. The van der Waals surface area contributed by atoms with Crippen molar-refractivity contribution < 1.29 is 10.0 Å². The van der Waals surface area contributed by atoms with Crippen LogP contribution >= 0.6 is 0 Å². The Morgan fingerprint density at radius 2 is 1.61 bits per heavy atom. The van der Waals surface area contributed by atoms with Crippen LogP contribution in [-0.2, 0) is 0 Å². The van der Waals surface area contributed by atoms with E-state index in [0.29, 0.717) is 5.56 Å². The van der Waals surface area contributed by atoms with Crippen LogP contribution in [0.15, 0.2) is 70.3 Å². The van der Waals surface area contributed by atoms with Crippen molar-refractivity contribution >= 4 is 5.78 Å². The number of ketones is 1. The molecule has 6 heteroatoms. The van der Waals surface area contributed by atoms with Gasteiger partial charge in [0.25, 0.3) is 5.56 Å². The van der Waals surface area contributed by atoms with Gasteiger partial charge in [-0.15, -0.1) is 0 Å². The molecule has 0 spiro atoms. The molecule has 0 saturated heterocycles. The molecule has 3 aromatic rings. The summed E-state index contributed by atoms with van der Waals surface area (Å²) in [6, 6.07) is 17.3. The lowest BCUT2D eigenvalue weighted by atomic mass is 10.0. The highest BCUT2D eigenvalue weighted by Gasteiger charge is 2.13. The second kappa shape index (κ2) is 5.76. The van der Waals surface area contributed by atoms with Crippen LogP contribution in [0.2, 0.25) is 0 Å². The van der Waals surface area contributed by atoms with E-state index in [-0.39, 0.29) is 10.4 Å². The van der Waals surface area contributed by atoms with Crippen molar-refractivity contribution in [2.24, 2.45) is 0 Å². The number of aromatic amines is 1. The van der Waals surface area contributed by atoms with Crippen LogP contribution in [0.1, 0.15) is 16.1 Å². The Bertz CT molecular complexity index is 956. The summed E-state index contributed by atoms with van der Waals surface area (Å²) in [4.78, 5) is 37.4. The lowest BCUT2D eigenvalue weighted by molar-refractivity contribution is 0.103. The quantitative estimate of drug-likeness (QED) is 0.568. The smallest absolute Gasteiger partial charge is 0.362 e. The van der Waals surface area contributed by atoms with Gasteiger partial charge in [0.2, 0.25) is 5.78 Å². The maximum absolute atomic E-state index is 12.4. The Balaban J connectivity index is 2.04. The van der Waals surface area contributed by atoms with Crippen molar-refractivity contribution in [1.82, 2.24) is 9.71 Å². The summed E-state index contributed by atoms with van der Waals surface area (Å²) < 4.78 is -0.0861. The maximum atomic E-state index is 12.4. The minimum Gasteiger partial charge on any atom is -0.421 e. The van der Waals surface area contributed by atoms with Crippen LogP contribution in [0.5, 0.6) is 0 Å². The van der Waals surface area contributed by atoms with Gasteiger partial charge in [-0.25, -0.2) is 4.79 Å². The van der Waals surface area contributed by atoms with Gasteiger partial charge in [-0.05, 0) is 17.2 Å². The third-order valence-corrected chi connectivity index (χ3v) is 3.39. The first-order valence-corrected chi connectivity index (χ1v) is 6.82. The minimum atomic E-state index is -1.06. The maximum Gasteiger partial charge on any atom is 0.362 e. The molecule has 0 aliphatic carbocycles. The van der Waals surface area contributed by atoms with Crippen molar-refractivity contribution in [2.45, 2.75) is 0 Å². The number of hydrogen-bond donors (Lipinski definition) is 2. The summed E-state index contributed by atoms with van der Waals surface area (Å²) in [7, 11) is 0. The van der Waals surface area contributed by atoms with Crippen LogP contribution in [0.4, 0.5) is 0 Å². The molecule has 0 aliphatic rings. The predicted octanol–water partition coefficient (Wildman–Crippen LogP) is 1.67. The molecule has 1 heterocycles. The highest BCUT2D eigenvalue weighted by atomic mass is 16.5. The van der Waals surface area contributed by atoms with E-state index in [2.05, 4.69) is 4.98 Å². The zero-order valence-electron chi connectivity index (χ0n) is 11.9. The summed E-state index contributed by atoms with van der Waals surface area (Å²) in [6.45, 7) is 0. The third kappa shape index (κ3) is 2.82. The fraction of sp³-hybridized carbons (Fsp3) is 0. The Kier molecular flexibility index (Phi) is 3.64. The van der Waals surface area contributed by atoms with Crippen LogP contribution in [-0.4, -0.2) is 20.7 Å². The fourth-order valence-electron chi connectivity index (χ4n) is 2.24. The van der Waals surface area contributed by atoms with Crippen molar-refractivity contribution in [1.29, 1.82) is 0 Å². The van der Waals surface area contributed by atoms with Crippen molar-refractivity contribution in [2.75, 3.05) is 0 Å². The molecule has 0 fully saturated rings. The molecule has 23 heavy (non-hydrogen) atoms. The fourth-order valence-corrected chi connectivity index (χ4v) is 2.24. The third-order valence-electron chi connectivity index (χ3n) is 3.39. The highest BCUT2D eigenvalue weighted by molar-refractivity contribution is 6.08. The molecule has 2 N–H and O–H groups in total. The molecular weight excluding hydrogens is 296 g/mol. The van der Waals surface area contributed by atoms with Crippen LogP contribution < -0.4 is 11.2 Å². The van der Waals surface area contributed by atoms with Crippen molar-refractivity contribution in [3.63, 3.8) is 0 Å². The van der Waals surface area contributed by atoms with Gasteiger partial charge in [0.1, 0.15) is 0 Å². The van der Waals surface area contributed by atoms with Gasteiger partial charge in [0, 0.05) is 11.6 Å². The summed E-state index contributed by atoms with van der Waals surface area (Å²) >= 11 is 0. The Morgan fingerprint density at radius 1 is 0.913 bits per heavy atom. The predicted molar refractivity (Wildman–Crippen MR) is 83.8 cm³/mol. The van der Waals surface area contributed by atoms with Crippen molar-refractivity contribution in [3.8, 4) is 11.1 Å². The summed E-state index contributed by atoms with van der Waals surface area (Å²) in [6.07, 6.45) is 0. The molecular formula is C17H12N2O4. The lowest BCUT2D eigenvalue weighted by Gasteiger charge is -2.05. The average molecular weight is 308 g/mol. The highest BCUT2D eigenvalue weighted by Crippen LogP contribution is 2.20. The zero-order valence-corrected chi connectivity index (χ0v) is 11.9. The first-order chi connectivity index (χ1) is 11.1. The monoisotopic (exact) mass is 308 g/mol. The van der Waals surface area contributed by atoms with E-state index in [4.69, 9.17) is 5.21 Å². The van der Waals surface area contributed by atoms with Crippen LogP contribution in [0, 0.1) is 0 Å². The molecule has 2 aromatic carbocycles. The standard InChI is InChI=1S/C17H12N2O4/c20-15-10-14(18-17(22)19(15)23)16(21)13-8-4-7-12(9-13)11-5-2-1-3-6-11/h1-10,23H,(H,18,22). The second-order valence-corrected chi connectivity index (χ2v) is 4.91. The van der Waals surface area contributed by atoms with Gasteiger partial charge in [-0.2, -0.15) is 0 Å². The SMILES string of the molecule is O=C(c1cccc(-c2ccccc2)c1)c1cc(=O)n(O)c(=O)[nH]1. The molecule has 3 rings (SSSR count). The van der Waals surface area contributed by atoms with Gasteiger partial charge in [0.15, 0.2) is 0 Å². The molecule has 114 valence electrons. The van der Waals surface area contributed by atoms with E-state index < -0.39 is 17.0 Å². The van der Waals surface area contributed by atoms with Crippen LogP contribution in [0.25, 0.3) is 11.1 Å². The van der Waals surface area contributed by atoms with Gasteiger partial charge in [-0.1, -0.05) is 53.3 Å². The molecule has 0 unspecified atom stereocenters. The van der Waals surface area contributed by atoms with Crippen molar-refractivity contribution in [3.05, 3.63) is 92.8 Å². The summed E-state index contributed by atoms with van der Waals surface area (Å²) in [5.41, 5.74) is -0.0697. The van der Waals surface area contributed by atoms with Crippen LogP contribution in [0.3, 0.4) is 0 Å². The van der Waals surface area contributed by atoms with E-state index in [1.54, 1.807) is 18.2 Å². The molecule has 0 aliphatic heterocycles. The Labute approximate surface area is 130 Å². The number of hydrogen-bond acceptors (Lipinski definition) is 4. The molecule has 0 radical (unpaired) electrons.